The Morgan fingerprint density at radius 1 is 0.739 bits per heavy atom. The number of hydrogen-bond acceptors (Lipinski definition) is 1. The van der Waals surface area contributed by atoms with Crippen LogP contribution in [0.15, 0.2) is 0 Å². The highest BCUT2D eigenvalue weighted by atomic mass is 15.2. The summed E-state index contributed by atoms with van der Waals surface area (Å²) in [5.74, 6) is 0.675. The molecule has 0 radical (unpaired) electrons. The Morgan fingerprint density at radius 3 is 1.48 bits per heavy atom. The number of rotatable bonds is 7. The molecule has 2 unspecified atom stereocenters. The van der Waals surface area contributed by atoms with E-state index in [0.717, 1.165) is 6.54 Å². The van der Waals surface area contributed by atoms with Crippen molar-refractivity contribution in [1.29, 1.82) is 0 Å². The summed E-state index contributed by atoms with van der Waals surface area (Å²) in [7, 11) is 0. The van der Waals surface area contributed by atoms with Crippen molar-refractivity contribution < 1.29 is 0 Å². The second-order valence-electron chi connectivity index (χ2n) is 11.6. The predicted octanol–water partition coefficient (Wildman–Crippen LogP) is 7.01. The van der Waals surface area contributed by atoms with Gasteiger partial charge in [0.05, 0.1) is 0 Å². The van der Waals surface area contributed by atoms with Crippen molar-refractivity contribution in [3.8, 4) is 0 Å². The second kappa shape index (κ2) is 7.46. The molecule has 0 aromatic rings. The highest BCUT2D eigenvalue weighted by Gasteiger charge is 2.40. The molecule has 23 heavy (non-hydrogen) atoms. The fraction of sp³-hybridized carbons (Fsp3) is 1.00. The van der Waals surface area contributed by atoms with Crippen molar-refractivity contribution >= 4 is 0 Å². The van der Waals surface area contributed by atoms with Crippen molar-refractivity contribution in [3.63, 3.8) is 0 Å². The molecule has 0 aromatic heterocycles. The van der Waals surface area contributed by atoms with Crippen molar-refractivity contribution in [2.24, 2.45) is 22.2 Å². The molecule has 140 valence electrons. The Labute approximate surface area is 148 Å². The van der Waals surface area contributed by atoms with Crippen molar-refractivity contribution in [2.45, 2.75) is 114 Å². The normalized spacial score (nSPS) is 17.5. The molecule has 0 N–H and O–H groups in total. The molecule has 0 bridgehead atoms. The Balaban J connectivity index is 5.62. The topological polar surface area (TPSA) is 3.24 Å². The van der Waals surface area contributed by atoms with Crippen LogP contribution in [0.3, 0.4) is 0 Å². The first-order valence-corrected chi connectivity index (χ1v) is 9.70. The first-order valence-electron chi connectivity index (χ1n) is 9.70. The third kappa shape index (κ3) is 7.59. The van der Waals surface area contributed by atoms with Crippen molar-refractivity contribution in [3.05, 3.63) is 0 Å². The van der Waals surface area contributed by atoms with Gasteiger partial charge < -0.3 is 0 Å². The van der Waals surface area contributed by atoms with E-state index in [1.54, 1.807) is 0 Å². The summed E-state index contributed by atoms with van der Waals surface area (Å²) < 4.78 is 0. The fourth-order valence-electron chi connectivity index (χ4n) is 4.06. The molecule has 0 rings (SSSR count). The zero-order valence-electron chi connectivity index (χ0n) is 18.7. The number of nitrogens with zero attached hydrogens (tertiary/aromatic N) is 1. The Kier molecular flexibility index (Phi) is 7.45. The van der Waals surface area contributed by atoms with Crippen molar-refractivity contribution in [1.82, 2.24) is 4.90 Å². The highest BCUT2D eigenvalue weighted by Crippen LogP contribution is 2.40. The minimum absolute atomic E-state index is 0.211. The van der Waals surface area contributed by atoms with Gasteiger partial charge in [-0.2, -0.15) is 0 Å². The average Bonchev–Trinajstić information content (AvgIpc) is 2.30. The molecule has 0 aliphatic heterocycles. The maximum absolute atomic E-state index is 2.81. The van der Waals surface area contributed by atoms with E-state index < -0.39 is 0 Å². The molecular weight excluding hydrogens is 278 g/mol. The zero-order chi connectivity index (χ0) is 18.9. The molecule has 0 saturated heterocycles. The Hall–Kier alpha value is -0.0400. The van der Waals surface area contributed by atoms with E-state index in [-0.39, 0.29) is 5.54 Å². The van der Waals surface area contributed by atoms with Gasteiger partial charge in [-0.25, -0.2) is 0 Å². The lowest BCUT2D eigenvalue weighted by Gasteiger charge is -2.51. The monoisotopic (exact) mass is 325 g/mol. The lowest BCUT2D eigenvalue weighted by Crippen LogP contribution is -2.56. The van der Waals surface area contributed by atoms with Crippen LogP contribution in [0.5, 0.6) is 0 Å². The zero-order valence-corrected chi connectivity index (χ0v) is 18.7. The van der Waals surface area contributed by atoms with E-state index >= 15 is 0 Å². The summed E-state index contributed by atoms with van der Waals surface area (Å²) in [5.41, 5.74) is 1.26. The van der Waals surface area contributed by atoms with Crippen LogP contribution in [-0.2, 0) is 0 Å². The average molecular weight is 326 g/mol. The van der Waals surface area contributed by atoms with Crippen molar-refractivity contribution in [2.75, 3.05) is 6.54 Å². The van der Waals surface area contributed by atoms with Gasteiger partial charge in [0.25, 0.3) is 0 Å². The van der Waals surface area contributed by atoms with Gasteiger partial charge >= 0.3 is 0 Å². The van der Waals surface area contributed by atoms with E-state index in [1.807, 2.05) is 0 Å². The van der Waals surface area contributed by atoms with Crippen LogP contribution < -0.4 is 0 Å². The number of hydrogen-bond donors (Lipinski definition) is 0. The summed E-state index contributed by atoms with van der Waals surface area (Å²) in [5, 5.41) is 0. The molecule has 2 atom stereocenters. The molecule has 1 heteroatoms. The SMILES string of the molecule is CCC(C)(C)C(C)C(C)N(CC(C)(C)C)C(C)(C)CC(C)(C)C. The quantitative estimate of drug-likeness (QED) is 0.486. The van der Waals surface area contributed by atoms with Gasteiger partial charge in [0.1, 0.15) is 0 Å². The van der Waals surface area contributed by atoms with Gasteiger partial charge in [-0.1, -0.05) is 75.7 Å². The standard InChI is InChI=1S/C22H47N/c1-14-21(10,11)17(2)18(3)23(16-20(7,8)9)22(12,13)15-19(4,5)6/h17-18H,14-16H2,1-13H3. The Bertz CT molecular complexity index is 351. The van der Waals surface area contributed by atoms with Gasteiger partial charge in [-0.05, 0) is 49.4 Å². The minimum atomic E-state index is 0.211. The van der Waals surface area contributed by atoms with Crippen LogP contribution in [0, 0.1) is 22.2 Å². The molecular formula is C22H47N. The van der Waals surface area contributed by atoms with E-state index in [4.69, 9.17) is 0 Å². The lowest BCUT2D eigenvalue weighted by molar-refractivity contribution is -0.0246. The third-order valence-corrected chi connectivity index (χ3v) is 5.74. The Morgan fingerprint density at radius 2 is 1.17 bits per heavy atom. The minimum Gasteiger partial charge on any atom is -0.295 e. The van der Waals surface area contributed by atoms with Crippen LogP contribution in [-0.4, -0.2) is 23.0 Å². The lowest BCUT2D eigenvalue weighted by atomic mass is 9.72. The van der Waals surface area contributed by atoms with E-state index in [0.29, 0.717) is 28.2 Å². The summed E-state index contributed by atoms with van der Waals surface area (Å²) in [6.07, 6.45) is 2.46. The first kappa shape index (κ1) is 23.0. The van der Waals surface area contributed by atoms with Gasteiger partial charge in [-0.15, -0.1) is 0 Å². The molecule has 0 aromatic carbocycles. The summed E-state index contributed by atoms with van der Waals surface area (Å²) in [6, 6.07) is 0.585. The van der Waals surface area contributed by atoms with E-state index in [2.05, 4.69) is 94.9 Å². The van der Waals surface area contributed by atoms with Crippen LogP contribution in [0.1, 0.15) is 103 Å². The van der Waals surface area contributed by atoms with Gasteiger partial charge in [0, 0.05) is 18.1 Å². The summed E-state index contributed by atoms with van der Waals surface area (Å²) >= 11 is 0. The fourth-order valence-corrected chi connectivity index (χ4v) is 4.06. The van der Waals surface area contributed by atoms with Crippen LogP contribution in [0.4, 0.5) is 0 Å². The molecule has 0 fully saturated rings. The molecule has 0 heterocycles. The van der Waals surface area contributed by atoms with Gasteiger partial charge in [0.2, 0.25) is 0 Å². The largest absolute Gasteiger partial charge is 0.295 e. The van der Waals surface area contributed by atoms with Crippen LogP contribution >= 0.6 is 0 Å². The molecule has 0 saturated carbocycles. The highest BCUT2D eigenvalue weighted by molar-refractivity contribution is 4.94. The second-order valence-corrected chi connectivity index (χ2v) is 11.6. The maximum Gasteiger partial charge on any atom is 0.0161 e. The molecule has 1 nitrogen and oxygen atoms in total. The van der Waals surface area contributed by atoms with Crippen LogP contribution in [0.25, 0.3) is 0 Å². The van der Waals surface area contributed by atoms with E-state index in [1.165, 1.54) is 12.8 Å². The van der Waals surface area contributed by atoms with Crippen LogP contribution in [0.2, 0.25) is 0 Å². The third-order valence-electron chi connectivity index (χ3n) is 5.74. The van der Waals surface area contributed by atoms with Gasteiger partial charge in [0.15, 0.2) is 0 Å². The first-order chi connectivity index (χ1) is 9.93. The smallest absolute Gasteiger partial charge is 0.0161 e. The predicted molar refractivity (Wildman–Crippen MR) is 107 cm³/mol. The maximum atomic E-state index is 2.81. The van der Waals surface area contributed by atoms with Gasteiger partial charge in [-0.3, -0.25) is 4.90 Å². The summed E-state index contributed by atoms with van der Waals surface area (Å²) in [6.45, 7) is 32.4. The molecule has 0 amide bonds. The summed E-state index contributed by atoms with van der Waals surface area (Å²) in [4.78, 5) is 2.81. The molecule has 0 aliphatic carbocycles. The molecule has 0 aliphatic rings. The van der Waals surface area contributed by atoms with E-state index in [9.17, 15) is 0 Å². The molecule has 0 spiro atoms.